The van der Waals surface area contributed by atoms with E-state index < -0.39 is 18.2 Å². The van der Waals surface area contributed by atoms with Crippen molar-refractivity contribution in [2.24, 2.45) is 7.05 Å². The van der Waals surface area contributed by atoms with Crippen molar-refractivity contribution in [3.05, 3.63) is 71.6 Å². The van der Waals surface area contributed by atoms with Crippen molar-refractivity contribution in [1.82, 2.24) is 19.8 Å². The molecule has 1 aliphatic rings. The van der Waals surface area contributed by atoms with Crippen LogP contribution in [0.2, 0.25) is 0 Å². The van der Waals surface area contributed by atoms with Crippen molar-refractivity contribution in [1.29, 1.82) is 0 Å². The predicted octanol–water partition coefficient (Wildman–Crippen LogP) is 4.33. The first-order valence-electron chi connectivity index (χ1n) is 10.5. The summed E-state index contributed by atoms with van der Waals surface area (Å²) in [7, 11) is 1.96. The highest BCUT2D eigenvalue weighted by Crippen LogP contribution is 2.31. The van der Waals surface area contributed by atoms with Gasteiger partial charge in [0.1, 0.15) is 6.61 Å². The van der Waals surface area contributed by atoms with Crippen molar-refractivity contribution in [2.45, 2.75) is 26.0 Å². The highest BCUT2D eigenvalue weighted by atomic mass is 16.5. The Morgan fingerprint density at radius 1 is 1.25 bits per heavy atom. The van der Waals surface area contributed by atoms with Gasteiger partial charge >= 0.3 is 12.2 Å². The number of nitrogens with zero attached hydrogens (tertiary/aromatic N) is 3. The second-order valence-electron chi connectivity index (χ2n) is 7.89. The van der Waals surface area contributed by atoms with E-state index >= 15 is 0 Å². The Morgan fingerprint density at radius 3 is 2.72 bits per heavy atom. The maximum Gasteiger partial charge on any atom is 0.407 e. The Morgan fingerprint density at radius 2 is 2.03 bits per heavy atom. The van der Waals surface area contributed by atoms with Crippen LogP contribution >= 0.6 is 0 Å². The number of amides is 2. The monoisotopic (exact) mass is 434 g/mol. The van der Waals surface area contributed by atoms with Crippen LogP contribution < -0.4 is 5.32 Å². The number of hydrogen-bond acceptors (Lipinski definition) is 4. The van der Waals surface area contributed by atoms with E-state index in [-0.39, 0.29) is 6.61 Å². The van der Waals surface area contributed by atoms with E-state index in [9.17, 15) is 14.7 Å². The van der Waals surface area contributed by atoms with Gasteiger partial charge < -0.3 is 24.6 Å². The van der Waals surface area contributed by atoms with E-state index in [1.165, 1.54) is 4.90 Å². The minimum Gasteiger partial charge on any atom is -0.465 e. The van der Waals surface area contributed by atoms with E-state index in [4.69, 9.17) is 9.72 Å². The molecule has 0 saturated heterocycles. The standard InChI is InChI=1S/C24H26N4O4/c1-16(25-23(29)32-15-17-6-4-3-5-7-17)22-19(14-21-20(26-22)10-11-27(21)2)18-8-12-28(13-9-18)24(30)31/h3-8,10-11,14,16H,9,12-13,15H2,1-2H3,(H,25,29)(H,30,31). The topological polar surface area (TPSA) is 96.7 Å². The van der Waals surface area contributed by atoms with E-state index in [1.807, 2.05) is 67.2 Å². The quantitative estimate of drug-likeness (QED) is 0.623. The number of alkyl carbamates (subject to hydrolysis) is 1. The number of nitrogens with one attached hydrogen (secondary N) is 1. The van der Waals surface area contributed by atoms with Crippen LogP contribution in [0.3, 0.4) is 0 Å². The maximum atomic E-state index is 12.4. The lowest BCUT2D eigenvalue weighted by atomic mass is 9.95. The minimum absolute atomic E-state index is 0.188. The average Bonchev–Trinajstić information content (AvgIpc) is 3.17. The smallest absolute Gasteiger partial charge is 0.407 e. The number of carbonyl (C=O) groups is 2. The molecule has 1 unspecified atom stereocenters. The molecule has 1 aromatic carbocycles. The number of aryl methyl sites for hydroxylation is 1. The molecule has 166 valence electrons. The molecule has 2 aromatic heterocycles. The van der Waals surface area contributed by atoms with Crippen LogP contribution in [0.25, 0.3) is 16.6 Å². The third kappa shape index (κ3) is 4.59. The number of pyridine rings is 1. The fourth-order valence-electron chi connectivity index (χ4n) is 3.88. The van der Waals surface area contributed by atoms with Crippen molar-refractivity contribution in [3.63, 3.8) is 0 Å². The van der Waals surface area contributed by atoms with Crippen LogP contribution in [0.1, 0.15) is 36.2 Å². The molecule has 0 radical (unpaired) electrons. The number of carboxylic acid groups (broad SMARTS) is 1. The number of ether oxygens (including phenoxy) is 1. The normalized spacial score (nSPS) is 14.7. The van der Waals surface area contributed by atoms with Gasteiger partial charge in [0.25, 0.3) is 0 Å². The maximum absolute atomic E-state index is 12.4. The summed E-state index contributed by atoms with van der Waals surface area (Å²) in [6, 6.07) is 13.1. The van der Waals surface area contributed by atoms with E-state index in [0.717, 1.165) is 33.4 Å². The molecular formula is C24H26N4O4. The molecule has 0 bridgehead atoms. The number of benzene rings is 1. The summed E-state index contributed by atoms with van der Waals surface area (Å²) in [5.41, 5.74) is 5.40. The molecule has 3 aromatic rings. The van der Waals surface area contributed by atoms with Gasteiger partial charge in [0.15, 0.2) is 0 Å². The van der Waals surface area contributed by atoms with E-state index in [2.05, 4.69) is 11.4 Å². The first kappa shape index (κ1) is 21.4. The van der Waals surface area contributed by atoms with Gasteiger partial charge in [-0.25, -0.2) is 14.6 Å². The molecule has 32 heavy (non-hydrogen) atoms. The van der Waals surface area contributed by atoms with Crippen LogP contribution in [0.5, 0.6) is 0 Å². The zero-order valence-corrected chi connectivity index (χ0v) is 18.1. The predicted molar refractivity (Wildman–Crippen MR) is 121 cm³/mol. The highest BCUT2D eigenvalue weighted by Gasteiger charge is 2.23. The molecule has 0 saturated carbocycles. The molecule has 8 nitrogen and oxygen atoms in total. The van der Waals surface area contributed by atoms with Crippen LogP contribution in [0, 0.1) is 0 Å². The Kier molecular flexibility index (Phi) is 6.11. The summed E-state index contributed by atoms with van der Waals surface area (Å²) in [5.74, 6) is 0. The average molecular weight is 434 g/mol. The van der Waals surface area contributed by atoms with Gasteiger partial charge in [-0.2, -0.15) is 0 Å². The molecule has 2 amide bonds. The summed E-state index contributed by atoms with van der Waals surface area (Å²) in [6.07, 6.45) is 3.01. The van der Waals surface area contributed by atoms with Crippen molar-refractivity contribution in [3.8, 4) is 0 Å². The van der Waals surface area contributed by atoms with Gasteiger partial charge in [0.2, 0.25) is 0 Å². The fraction of sp³-hybridized carbons (Fsp3) is 0.292. The van der Waals surface area contributed by atoms with Gasteiger partial charge in [0, 0.05) is 31.9 Å². The third-order valence-corrected chi connectivity index (χ3v) is 5.68. The molecule has 1 atom stereocenters. The fourth-order valence-corrected chi connectivity index (χ4v) is 3.88. The molecule has 3 heterocycles. The second-order valence-corrected chi connectivity index (χ2v) is 7.89. The van der Waals surface area contributed by atoms with Crippen molar-refractivity contribution in [2.75, 3.05) is 13.1 Å². The lowest BCUT2D eigenvalue weighted by Gasteiger charge is -2.26. The third-order valence-electron chi connectivity index (χ3n) is 5.68. The van der Waals surface area contributed by atoms with Crippen molar-refractivity contribution >= 4 is 28.8 Å². The van der Waals surface area contributed by atoms with E-state index in [0.29, 0.717) is 19.5 Å². The highest BCUT2D eigenvalue weighted by molar-refractivity contribution is 5.83. The summed E-state index contributed by atoms with van der Waals surface area (Å²) in [4.78, 5) is 29.9. The molecule has 2 N–H and O–H groups in total. The largest absolute Gasteiger partial charge is 0.465 e. The van der Waals surface area contributed by atoms with Crippen LogP contribution in [0.15, 0.2) is 54.7 Å². The molecule has 4 rings (SSSR count). The Bertz CT molecular complexity index is 1170. The lowest BCUT2D eigenvalue weighted by molar-refractivity contribution is 0.136. The van der Waals surface area contributed by atoms with Gasteiger partial charge in [-0.3, -0.25) is 0 Å². The van der Waals surface area contributed by atoms with Gasteiger partial charge in [-0.15, -0.1) is 0 Å². The zero-order valence-electron chi connectivity index (χ0n) is 18.1. The number of carbonyl (C=O) groups excluding carboxylic acids is 1. The van der Waals surface area contributed by atoms with Crippen LogP contribution in [-0.4, -0.2) is 44.8 Å². The number of aromatic nitrogens is 2. The first-order chi connectivity index (χ1) is 15.4. The number of rotatable bonds is 5. The van der Waals surface area contributed by atoms with Gasteiger partial charge in [0.05, 0.1) is 22.8 Å². The molecule has 0 aliphatic carbocycles. The Balaban J connectivity index is 1.57. The first-order valence-corrected chi connectivity index (χ1v) is 10.5. The van der Waals surface area contributed by atoms with E-state index in [1.54, 1.807) is 0 Å². The lowest BCUT2D eigenvalue weighted by Crippen LogP contribution is -2.33. The van der Waals surface area contributed by atoms with Crippen molar-refractivity contribution < 1.29 is 19.4 Å². The number of hydrogen-bond donors (Lipinski definition) is 2. The summed E-state index contributed by atoms with van der Waals surface area (Å²) < 4.78 is 7.36. The molecule has 0 fully saturated rings. The second kappa shape index (κ2) is 9.13. The summed E-state index contributed by atoms with van der Waals surface area (Å²) in [5, 5.41) is 12.1. The Labute approximate surface area is 186 Å². The van der Waals surface area contributed by atoms with Gasteiger partial charge in [-0.05, 0) is 36.6 Å². The van der Waals surface area contributed by atoms with Gasteiger partial charge in [-0.1, -0.05) is 36.4 Å². The summed E-state index contributed by atoms with van der Waals surface area (Å²) >= 11 is 0. The van der Waals surface area contributed by atoms with Crippen LogP contribution in [-0.2, 0) is 18.4 Å². The molecule has 1 aliphatic heterocycles. The SMILES string of the molecule is CC(NC(=O)OCc1ccccc1)c1nc2ccn(C)c2cc1C1=CCN(C(=O)O)CC1. The zero-order chi connectivity index (χ0) is 22.7. The summed E-state index contributed by atoms with van der Waals surface area (Å²) in [6.45, 7) is 2.81. The molecule has 0 spiro atoms. The molecular weight excluding hydrogens is 408 g/mol. The number of fused-ring (bicyclic) bond motifs is 1. The van der Waals surface area contributed by atoms with Crippen LogP contribution in [0.4, 0.5) is 9.59 Å². The minimum atomic E-state index is -0.923. The molecule has 8 heteroatoms. The Hall–Kier alpha value is -3.81.